The summed E-state index contributed by atoms with van der Waals surface area (Å²) in [5.41, 5.74) is 8.15. The lowest BCUT2D eigenvalue weighted by Gasteiger charge is -2.12. The van der Waals surface area contributed by atoms with Gasteiger partial charge >= 0.3 is 0 Å². The SMILES string of the molecule is C/C=C\C(=C/C=Nc1nc(N)nc2c1ncn2CC)N(C)C. The Morgan fingerprint density at radius 2 is 2.18 bits per heavy atom. The van der Waals surface area contributed by atoms with Gasteiger partial charge in [-0.1, -0.05) is 6.08 Å². The average molecular weight is 299 g/mol. The molecular weight excluding hydrogens is 278 g/mol. The van der Waals surface area contributed by atoms with Gasteiger partial charge in [0, 0.05) is 32.6 Å². The van der Waals surface area contributed by atoms with Gasteiger partial charge in [-0.05, 0) is 26.0 Å². The Morgan fingerprint density at radius 1 is 1.41 bits per heavy atom. The summed E-state index contributed by atoms with van der Waals surface area (Å²) in [6.07, 6.45) is 9.30. The van der Waals surface area contributed by atoms with Crippen LogP contribution in [0.5, 0.6) is 0 Å². The molecule has 0 aromatic carbocycles. The van der Waals surface area contributed by atoms with Crippen molar-refractivity contribution in [2.75, 3.05) is 19.8 Å². The third-order valence-corrected chi connectivity index (χ3v) is 3.10. The van der Waals surface area contributed by atoms with Crippen molar-refractivity contribution < 1.29 is 0 Å². The Hall–Kier alpha value is -2.70. The number of nitrogens with zero attached hydrogens (tertiary/aromatic N) is 6. The zero-order valence-corrected chi connectivity index (χ0v) is 13.4. The van der Waals surface area contributed by atoms with Gasteiger partial charge in [-0.2, -0.15) is 9.97 Å². The quantitative estimate of drug-likeness (QED) is 0.675. The number of hydrogen-bond acceptors (Lipinski definition) is 6. The van der Waals surface area contributed by atoms with Gasteiger partial charge in [0.05, 0.1) is 6.33 Å². The van der Waals surface area contributed by atoms with E-state index in [1.54, 1.807) is 12.5 Å². The van der Waals surface area contributed by atoms with Crippen molar-refractivity contribution in [1.82, 2.24) is 24.4 Å². The van der Waals surface area contributed by atoms with Crippen LogP contribution >= 0.6 is 0 Å². The topological polar surface area (TPSA) is 85.2 Å². The van der Waals surface area contributed by atoms with Gasteiger partial charge in [0.25, 0.3) is 0 Å². The molecule has 2 heterocycles. The number of aromatic nitrogens is 4. The smallest absolute Gasteiger partial charge is 0.224 e. The third kappa shape index (κ3) is 3.30. The molecule has 0 radical (unpaired) electrons. The van der Waals surface area contributed by atoms with E-state index in [0.717, 1.165) is 12.2 Å². The lowest BCUT2D eigenvalue weighted by molar-refractivity contribution is 0.531. The van der Waals surface area contributed by atoms with Crippen molar-refractivity contribution in [3.05, 3.63) is 30.3 Å². The van der Waals surface area contributed by atoms with Gasteiger partial charge in [-0.25, -0.2) is 9.98 Å². The molecule has 0 unspecified atom stereocenters. The molecule has 0 saturated carbocycles. The Bertz CT molecular complexity index is 738. The van der Waals surface area contributed by atoms with E-state index in [1.165, 1.54) is 0 Å². The number of nitrogens with two attached hydrogens (primary N) is 1. The molecular formula is C15H21N7. The number of likely N-dealkylation sites (N-methyl/N-ethyl adjacent to an activating group) is 1. The van der Waals surface area contributed by atoms with Gasteiger partial charge in [0.2, 0.25) is 5.95 Å². The van der Waals surface area contributed by atoms with Crippen LogP contribution in [-0.4, -0.2) is 44.7 Å². The van der Waals surface area contributed by atoms with Crippen LogP contribution in [0.15, 0.2) is 35.2 Å². The van der Waals surface area contributed by atoms with Crippen LogP contribution in [-0.2, 0) is 6.54 Å². The summed E-state index contributed by atoms with van der Waals surface area (Å²) in [5, 5.41) is 0. The summed E-state index contributed by atoms with van der Waals surface area (Å²) in [6.45, 7) is 4.76. The lowest BCUT2D eigenvalue weighted by Crippen LogP contribution is -2.09. The van der Waals surface area contributed by atoms with Gasteiger partial charge in [-0.3, -0.25) is 0 Å². The summed E-state index contributed by atoms with van der Waals surface area (Å²) < 4.78 is 1.91. The van der Waals surface area contributed by atoms with Crippen molar-refractivity contribution in [3.8, 4) is 0 Å². The molecule has 0 fully saturated rings. The summed E-state index contributed by atoms with van der Waals surface area (Å²) in [7, 11) is 3.95. The highest BCUT2D eigenvalue weighted by molar-refractivity contribution is 5.86. The number of hydrogen-bond donors (Lipinski definition) is 1. The number of rotatable bonds is 5. The molecule has 0 aliphatic carbocycles. The molecule has 0 atom stereocenters. The maximum atomic E-state index is 5.76. The van der Waals surface area contributed by atoms with E-state index in [-0.39, 0.29) is 5.95 Å². The predicted octanol–water partition coefficient (Wildman–Crippen LogP) is 2.15. The number of fused-ring (bicyclic) bond motifs is 1. The number of imidazole rings is 1. The number of aliphatic imine (C=N–C) groups is 1. The number of nitrogen functional groups attached to an aromatic ring is 1. The third-order valence-electron chi connectivity index (χ3n) is 3.10. The van der Waals surface area contributed by atoms with E-state index in [4.69, 9.17) is 5.73 Å². The fraction of sp³-hybridized carbons (Fsp3) is 0.333. The minimum atomic E-state index is 0.195. The molecule has 2 rings (SSSR count). The van der Waals surface area contributed by atoms with Crippen LogP contribution in [0.3, 0.4) is 0 Å². The van der Waals surface area contributed by atoms with Crippen molar-refractivity contribution >= 4 is 29.1 Å². The van der Waals surface area contributed by atoms with E-state index in [2.05, 4.69) is 19.9 Å². The highest BCUT2D eigenvalue weighted by atomic mass is 15.2. The Kier molecular flexibility index (Phi) is 4.88. The highest BCUT2D eigenvalue weighted by Crippen LogP contribution is 2.21. The molecule has 0 spiro atoms. The fourth-order valence-corrected chi connectivity index (χ4v) is 1.98. The number of aryl methyl sites for hydroxylation is 1. The summed E-state index contributed by atoms with van der Waals surface area (Å²) in [5.74, 6) is 0.671. The fourth-order valence-electron chi connectivity index (χ4n) is 1.98. The molecule has 116 valence electrons. The largest absolute Gasteiger partial charge is 0.378 e. The lowest BCUT2D eigenvalue weighted by atomic mass is 10.3. The summed E-state index contributed by atoms with van der Waals surface area (Å²) in [4.78, 5) is 19.1. The summed E-state index contributed by atoms with van der Waals surface area (Å²) in [6, 6.07) is 0. The molecule has 7 heteroatoms. The molecule has 0 aliphatic rings. The van der Waals surface area contributed by atoms with Crippen LogP contribution < -0.4 is 5.73 Å². The molecule has 0 saturated heterocycles. The minimum Gasteiger partial charge on any atom is -0.378 e. The van der Waals surface area contributed by atoms with Crippen molar-refractivity contribution in [2.45, 2.75) is 20.4 Å². The first-order chi connectivity index (χ1) is 10.6. The maximum Gasteiger partial charge on any atom is 0.224 e. The van der Waals surface area contributed by atoms with E-state index in [1.807, 2.05) is 55.6 Å². The van der Waals surface area contributed by atoms with E-state index in [0.29, 0.717) is 17.0 Å². The number of anilines is 1. The second-order valence-corrected chi connectivity index (χ2v) is 4.87. The highest BCUT2D eigenvalue weighted by Gasteiger charge is 2.10. The van der Waals surface area contributed by atoms with E-state index >= 15 is 0 Å². The molecule has 0 aliphatic heterocycles. The first-order valence-corrected chi connectivity index (χ1v) is 7.09. The van der Waals surface area contributed by atoms with Crippen molar-refractivity contribution in [3.63, 3.8) is 0 Å². The molecule has 7 nitrogen and oxygen atoms in total. The molecule has 0 bridgehead atoms. The molecule has 2 aromatic heterocycles. The normalized spacial score (nSPS) is 12.8. The Labute approximate surface area is 129 Å². The molecule has 22 heavy (non-hydrogen) atoms. The zero-order chi connectivity index (χ0) is 16.1. The molecule has 0 amide bonds. The predicted molar refractivity (Wildman–Crippen MR) is 90.1 cm³/mol. The van der Waals surface area contributed by atoms with Gasteiger partial charge in [0.1, 0.15) is 0 Å². The van der Waals surface area contributed by atoms with Gasteiger partial charge in [0.15, 0.2) is 17.0 Å². The van der Waals surface area contributed by atoms with Gasteiger partial charge < -0.3 is 15.2 Å². The second-order valence-electron chi connectivity index (χ2n) is 4.87. The van der Waals surface area contributed by atoms with Crippen molar-refractivity contribution in [1.29, 1.82) is 0 Å². The maximum absolute atomic E-state index is 5.76. The molecule has 2 aromatic rings. The minimum absolute atomic E-state index is 0.195. The van der Waals surface area contributed by atoms with E-state index in [9.17, 15) is 0 Å². The van der Waals surface area contributed by atoms with Crippen LogP contribution in [0.4, 0.5) is 11.8 Å². The Balaban J connectivity index is 2.41. The van der Waals surface area contributed by atoms with Crippen LogP contribution in [0.1, 0.15) is 13.8 Å². The monoisotopic (exact) mass is 299 g/mol. The first-order valence-electron chi connectivity index (χ1n) is 7.09. The van der Waals surface area contributed by atoms with Gasteiger partial charge in [-0.15, -0.1) is 0 Å². The van der Waals surface area contributed by atoms with Crippen LogP contribution in [0.25, 0.3) is 11.2 Å². The molecule has 2 N–H and O–H groups in total. The van der Waals surface area contributed by atoms with E-state index < -0.39 is 0 Å². The number of allylic oxidation sites excluding steroid dienone is 3. The van der Waals surface area contributed by atoms with Crippen LogP contribution in [0.2, 0.25) is 0 Å². The standard InChI is InChI=1S/C15H21N7/c1-5-7-11(21(3)4)8-9-17-13-12-14(20-15(16)19-13)22(6-2)10-18-12/h5,7-10H,6H2,1-4H3,(H2,16,19,20)/b7-5-,11-8+,17-9?. The van der Waals surface area contributed by atoms with Crippen LogP contribution in [0, 0.1) is 0 Å². The summed E-state index contributed by atoms with van der Waals surface area (Å²) >= 11 is 0. The van der Waals surface area contributed by atoms with Crippen molar-refractivity contribution in [2.24, 2.45) is 4.99 Å². The Morgan fingerprint density at radius 3 is 2.82 bits per heavy atom. The zero-order valence-electron chi connectivity index (χ0n) is 13.4. The first kappa shape index (κ1) is 15.7. The average Bonchev–Trinajstić information content (AvgIpc) is 2.88. The second kappa shape index (κ2) is 6.84.